The number of imidazole rings is 1. The highest BCUT2D eigenvalue weighted by Crippen LogP contribution is 2.30. The quantitative estimate of drug-likeness (QED) is 0.459. The lowest BCUT2D eigenvalue weighted by molar-refractivity contribution is -0.671. The van der Waals surface area contributed by atoms with Crippen LogP contribution in [0.5, 0.6) is 0 Å². The van der Waals surface area contributed by atoms with E-state index in [0.29, 0.717) is 6.04 Å². The lowest BCUT2D eigenvalue weighted by atomic mass is 10.1. The Hall–Kier alpha value is -1.46. The third-order valence-corrected chi connectivity index (χ3v) is 6.76. The second-order valence-electron chi connectivity index (χ2n) is 8.36. The monoisotopic (exact) mass is 378 g/mol. The van der Waals surface area contributed by atoms with Gasteiger partial charge in [0.25, 0.3) is 0 Å². The van der Waals surface area contributed by atoms with Crippen LogP contribution in [0.2, 0.25) is 25.7 Å². The summed E-state index contributed by atoms with van der Waals surface area (Å²) in [6.45, 7) is 9.47. The van der Waals surface area contributed by atoms with Crippen LogP contribution in [-0.4, -0.2) is 25.7 Å². The van der Waals surface area contributed by atoms with Gasteiger partial charge in [0, 0.05) is 32.4 Å². The van der Waals surface area contributed by atoms with Crippen molar-refractivity contribution < 1.29 is 17.0 Å². The molecule has 138 valence electrons. The van der Waals surface area contributed by atoms with Crippen molar-refractivity contribution in [3.8, 4) is 0 Å². The molecule has 4 nitrogen and oxygen atoms in total. The van der Waals surface area contributed by atoms with Crippen molar-refractivity contribution in [1.82, 2.24) is 4.57 Å². The van der Waals surface area contributed by atoms with E-state index in [1.807, 2.05) is 0 Å². The van der Waals surface area contributed by atoms with Gasteiger partial charge in [0.05, 0.1) is 13.6 Å². The molecule has 1 aromatic carbocycles. The Balaban J connectivity index is 0.00000225. The number of benzene rings is 1. The zero-order chi connectivity index (χ0) is 17.3. The van der Waals surface area contributed by atoms with Crippen molar-refractivity contribution >= 4 is 19.4 Å². The maximum Gasteiger partial charge on any atom is 0.243 e. The number of nitrogens with zero attached hydrogens (tertiary/aromatic N) is 3. The molecule has 0 aliphatic carbocycles. The summed E-state index contributed by atoms with van der Waals surface area (Å²) < 4.78 is 4.45. The molecule has 0 bridgehead atoms. The summed E-state index contributed by atoms with van der Waals surface area (Å²) in [6, 6.07) is 8.47. The minimum atomic E-state index is -1.04. The van der Waals surface area contributed by atoms with Crippen LogP contribution in [0.4, 0.5) is 11.4 Å². The first-order valence-electron chi connectivity index (χ1n) is 8.98. The molecule has 1 aromatic heterocycles. The van der Waals surface area contributed by atoms with Crippen LogP contribution in [0.15, 0.2) is 36.9 Å². The van der Waals surface area contributed by atoms with E-state index < -0.39 is 8.07 Å². The van der Waals surface area contributed by atoms with Crippen molar-refractivity contribution in [1.29, 1.82) is 0 Å². The average Bonchev–Trinajstić information content (AvgIpc) is 3.14. The largest absolute Gasteiger partial charge is 1.00 e. The Morgan fingerprint density at radius 2 is 2.04 bits per heavy atom. The third-order valence-electron chi connectivity index (χ3n) is 5.01. The van der Waals surface area contributed by atoms with Gasteiger partial charge in [-0.2, -0.15) is 0 Å². The molecule has 0 saturated carbocycles. The molecule has 0 amide bonds. The Kier molecular flexibility index (Phi) is 6.22. The van der Waals surface area contributed by atoms with E-state index in [2.05, 4.69) is 77.6 Å². The van der Waals surface area contributed by atoms with Gasteiger partial charge in [-0.3, -0.25) is 0 Å². The topological polar surface area (TPSA) is 38.1 Å². The van der Waals surface area contributed by atoms with Crippen LogP contribution >= 0.6 is 0 Å². The molecule has 3 rings (SSSR count). The zero-order valence-corrected chi connectivity index (χ0v) is 17.6. The van der Waals surface area contributed by atoms with Gasteiger partial charge in [-0.05, 0) is 30.2 Å². The van der Waals surface area contributed by atoms with Gasteiger partial charge in [0.2, 0.25) is 6.33 Å². The van der Waals surface area contributed by atoms with Crippen LogP contribution in [-0.2, 0) is 13.5 Å². The normalized spacial score (nSPS) is 17.6. The minimum Gasteiger partial charge on any atom is -1.00 e. The lowest BCUT2D eigenvalue weighted by Gasteiger charge is -2.21. The second kappa shape index (κ2) is 7.83. The number of nitrogen functional groups attached to an aromatic ring is 1. The highest BCUT2D eigenvalue weighted by Gasteiger charge is 2.27. The molecule has 1 unspecified atom stereocenters. The first-order chi connectivity index (χ1) is 11.3. The molecule has 1 atom stereocenters. The molecule has 0 spiro atoms. The van der Waals surface area contributed by atoms with E-state index in [0.717, 1.165) is 25.2 Å². The molecule has 1 saturated heterocycles. The van der Waals surface area contributed by atoms with Crippen LogP contribution in [0, 0.1) is 0 Å². The first-order valence-corrected chi connectivity index (χ1v) is 12.7. The molecule has 2 aromatic rings. The Bertz CT molecular complexity index is 708. The fourth-order valence-electron chi connectivity index (χ4n) is 3.42. The van der Waals surface area contributed by atoms with Crippen molar-refractivity contribution in [3.63, 3.8) is 0 Å². The van der Waals surface area contributed by atoms with Crippen LogP contribution in [0.25, 0.3) is 0 Å². The molecular formula is C19H31ClN4Si. The highest BCUT2D eigenvalue weighted by molar-refractivity contribution is 6.76. The first kappa shape index (κ1) is 19.9. The van der Waals surface area contributed by atoms with E-state index >= 15 is 0 Å². The standard InChI is InChI=1S/C19H31N4Si.ClH/c1-21-10-11-23(15-21)18-7-9-22(14-18)17-5-6-19(20)16(13-17)8-12-24(2,3)4;/h5-6,10-11,13,15,18H,7-9,12,14,20H2,1-4H3;1H/q+1;/p-1. The maximum absolute atomic E-state index is 6.23. The molecule has 0 radical (unpaired) electrons. The number of aryl methyl sites for hydroxylation is 2. The smallest absolute Gasteiger partial charge is 0.243 e. The Morgan fingerprint density at radius 3 is 2.68 bits per heavy atom. The number of nitrogens with two attached hydrogens (primary N) is 1. The summed E-state index contributed by atoms with van der Waals surface area (Å²) in [7, 11) is 1.04. The van der Waals surface area contributed by atoms with Gasteiger partial charge in [0.1, 0.15) is 18.4 Å². The second-order valence-corrected chi connectivity index (χ2v) is 14.0. The predicted octanol–water partition coefficient (Wildman–Crippen LogP) is 0.231. The molecule has 6 heteroatoms. The highest BCUT2D eigenvalue weighted by atomic mass is 35.5. The van der Waals surface area contributed by atoms with E-state index in [1.54, 1.807) is 0 Å². The molecule has 25 heavy (non-hydrogen) atoms. The number of halogens is 1. The molecule has 1 aliphatic heterocycles. The van der Waals surface area contributed by atoms with Gasteiger partial charge in [-0.25, -0.2) is 9.13 Å². The number of aromatic nitrogens is 2. The van der Waals surface area contributed by atoms with Gasteiger partial charge in [0.15, 0.2) is 0 Å². The van der Waals surface area contributed by atoms with Crippen LogP contribution in [0.1, 0.15) is 18.0 Å². The van der Waals surface area contributed by atoms with Crippen LogP contribution in [0.3, 0.4) is 0 Å². The number of hydrogen-bond acceptors (Lipinski definition) is 2. The third kappa shape index (κ3) is 5.01. The molecule has 1 aliphatic rings. The van der Waals surface area contributed by atoms with Crippen molar-refractivity contribution in [3.05, 3.63) is 42.5 Å². The number of rotatable bonds is 5. The minimum absolute atomic E-state index is 0. The van der Waals surface area contributed by atoms with E-state index in [4.69, 9.17) is 5.73 Å². The van der Waals surface area contributed by atoms with Crippen molar-refractivity contribution in [2.45, 2.75) is 44.6 Å². The lowest BCUT2D eigenvalue weighted by Crippen LogP contribution is -3.00. The Labute approximate surface area is 159 Å². The fraction of sp³-hybridized carbons (Fsp3) is 0.526. The van der Waals surface area contributed by atoms with E-state index in [1.165, 1.54) is 23.7 Å². The summed E-state index contributed by atoms with van der Waals surface area (Å²) in [5.74, 6) is 0. The number of anilines is 2. The summed E-state index contributed by atoms with van der Waals surface area (Å²) in [5.41, 5.74) is 9.83. The fourth-order valence-corrected chi connectivity index (χ4v) is 4.44. The number of hydrogen-bond donors (Lipinski definition) is 1. The SMILES string of the molecule is C[n+]1ccn(C2CCN(c3ccc(N)c(CC[Si](C)(C)C)c3)C2)c1.[Cl-]. The van der Waals surface area contributed by atoms with Crippen molar-refractivity contribution in [2.75, 3.05) is 23.7 Å². The zero-order valence-electron chi connectivity index (χ0n) is 15.9. The molecule has 2 heterocycles. The summed E-state index contributed by atoms with van der Waals surface area (Å²) >= 11 is 0. The van der Waals surface area contributed by atoms with Gasteiger partial charge >= 0.3 is 0 Å². The average molecular weight is 379 g/mol. The maximum atomic E-state index is 6.23. The van der Waals surface area contributed by atoms with E-state index in [9.17, 15) is 0 Å². The van der Waals surface area contributed by atoms with Gasteiger partial charge in [-0.1, -0.05) is 25.7 Å². The summed E-state index contributed by atoms with van der Waals surface area (Å²) in [5, 5.41) is 0. The predicted molar refractivity (Wildman–Crippen MR) is 104 cm³/mol. The van der Waals surface area contributed by atoms with Crippen molar-refractivity contribution in [2.24, 2.45) is 7.05 Å². The van der Waals surface area contributed by atoms with Gasteiger partial charge < -0.3 is 23.0 Å². The molecule has 2 N–H and O–H groups in total. The summed E-state index contributed by atoms with van der Waals surface area (Å²) in [4.78, 5) is 2.50. The van der Waals surface area contributed by atoms with E-state index in [-0.39, 0.29) is 12.4 Å². The Morgan fingerprint density at radius 1 is 1.28 bits per heavy atom. The van der Waals surface area contributed by atoms with Gasteiger partial charge in [-0.15, -0.1) is 0 Å². The summed E-state index contributed by atoms with van der Waals surface area (Å²) in [6.07, 6.45) is 8.77. The molecule has 1 fully saturated rings. The molecular weight excluding hydrogens is 348 g/mol. The van der Waals surface area contributed by atoms with Crippen LogP contribution < -0.4 is 27.6 Å².